The van der Waals surface area contributed by atoms with E-state index in [1.54, 1.807) is 6.20 Å². The molecule has 154 valence electrons. The fraction of sp³-hybridized carbons (Fsp3) is 0.636. The smallest absolute Gasteiger partial charge is 0.257 e. The van der Waals surface area contributed by atoms with E-state index in [0.717, 1.165) is 43.1 Å². The molecule has 1 fully saturated rings. The summed E-state index contributed by atoms with van der Waals surface area (Å²) in [4.78, 5) is 15.2. The van der Waals surface area contributed by atoms with Crippen LogP contribution in [-0.2, 0) is 6.54 Å². The Kier molecular flexibility index (Phi) is 6.94. The zero-order valence-electron chi connectivity index (χ0n) is 17.9. The van der Waals surface area contributed by atoms with Gasteiger partial charge in [0, 0.05) is 30.2 Å². The topological polar surface area (TPSA) is 55.1 Å². The summed E-state index contributed by atoms with van der Waals surface area (Å²) in [6.07, 6.45) is 10.0. The van der Waals surface area contributed by atoms with Gasteiger partial charge in [0.15, 0.2) is 0 Å². The van der Waals surface area contributed by atoms with Crippen molar-refractivity contribution in [3.8, 4) is 0 Å². The number of anilines is 1. The highest BCUT2D eigenvalue weighted by molar-refractivity contribution is 6.05. The van der Waals surface area contributed by atoms with Gasteiger partial charge in [0.05, 0.1) is 24.0 Å². The van der Waals surface area contributed by atoms with Crippen molar-refractivity contribution < 1.29 is 4.79 Å². The van der Waals surface area contributed by atoms with Gasteiger partial charge < -0.3 is 14.8 Å². The molecule has 6 heteroatoms. The molecule has 1 N–H and O–H groups in total. The lowest BCUT2D eigenvalue weighted by Gasteiger charge is -2.26. The zero-order chi connectivity index (χ0) is 20.1. The molecule has 28 heavy (non-hydrogen) atoms. The summed E-state index contributed by atoms with van der Waals surface area (Å²) in [5.74, 6) is -0.0431. The van der Waals surface area contributed by atoms with Gasteiger partial charge in [-0.2, -0.15) is 5.10 Å². The SMILES string of the molecule is CCN(CC)CCn1cc(NC(=O)c2cc(C)n(C3CCCCC3)c2C)cn1. The van der Waals surface area contributed by atoms with Crippen LogP contribution in [0.4, 0.5) is 5.69 Å². The zero-order valence-corrected chi connectivity index (χ0v) is 17.9. The van der Waals surface area contributed by atoms with E-state index in [0.29, 0.717) is 6.04 Å². The Labute approximate surface area is 168 Å². The number of likely N-dealkylation sites (N-methyl/N-ethyl adjacent to an activating group) is 1. The molecule has 0 atom stereocenters. The van der Waals surface area contributed by atoms with Gasteiger partial charge in [0.2, 0.25) is 0 Å². The number of carbonyl (C=O) groups is 1. The van der Waals surface area contributed by atoms with Gasteiger partial charge in [0.1, 0.15) is 0 Å². The minimum absolute atomic E-state index is 0.0431. The minimum Gasteiger partial charge on any atom is -0.345 e. The van der Waals surface area contributed by atoms with Crippen molar-refractivity contribution in [2.24, 2.45) is 0 Å². The predicted molar refractivity (Wildman–Crippen MR) is 114 cm³/mol. The second kappa shape index (κ2) is 9.41. The standard InChI is InChI=1S/C22H35N5O/c1-5-25(6-2)12-13-26-16-19(15-23-26)24-22(28)21-14-17(3)27(18(21)4)20-10-8-7-9-11-20/h14-16,20H,5-13H2,1-4H3,(H,24,28). The number of nitrogens with one attached hydrogen (secondary N) is 1. The van der Waals surface area contributed by atoms with Crippen LogP contribution in [0.25, 0.3) is 0 Å². The molecule has 0 spiro atoms. The van der Waals surface area contributed by atoms with E-state index >= 15 is 0 Å². The van der Waals surface area contributed by atoms with Gasteiger partial charge in [-0.3, -0.25) is 9.48 Å². The maximum Gasteiger partial charge on any atom is 0.257 e. The van der Waals surface area contributed by atoms with E-state index in [1.165, 1.54) is 37.8 Å². The molecule has 0 aliphatic heterocycles. The van der Waals surface area contributed by atoms with Crippen LogP contribution in [0.1, 0.15) is 73.7 Å². The molecule has 0 aromatic carbocycles. The number of nitrogens with zero attached hydrogens (tertiary/aromatic N) is 4. The highest BCUT2D eigenvalue weighted by atomic mass is 16.1. The van der Waals surface area contributed by atoms with Crippen LogP contribution in [0.3, 0.4) is 0 Å². The van der Waals surface area contributed by atoms with Crippen LogP contribution in [0.5, 0.6) is 0 Å². The molecule has 1 amide bonds. The van der Waals surface area contributed by atoms with Crippen molar-refractivity contribution >= 4 is 11.6 Å². The molecule has 2 heterocycles. The van der Waals surface area contributed by atoms with E-state index in [-0.39, 0.29) is 5.91 Å². The Morgan fingerprint density at radius 3 is 2.61 bits per heavy atom. The Morgan fingerprint density at radius 2 is 1.93 bits per heavy atom. The monoisotopic (exact) mass is 385 g/mol. The van der Waals surface area contributed by atoms with Gasteiger partial charge in [-0.1, -0.05) is 33.1 Å². The molecular weight excluding hydrogens is 350 g/mol. The minimum atomic E-state index is -0.0431. The second-order valence-corrected chi connectivity index (χ2v) is 7.92. The molecule has 6 nitrogen and oxygen atoms in total. The third-order valence-electron chi connectivity index (χ3n) is 6.10. The molecule has 0 unspecified atom stereocenters. The largest absolute Gasteiger partial charge is 0.345 e. The summed E-state index contributed by atoms with van der Waals surface area (Å²) in [5, 5.41) is 7.42. The lowest BCUT2D eigenvalue weighted by atomic mass is 9.95. The first-order chi connectivity index (χ1) is 13.5. The Bertz CT molecular complexity index is 781. The van der Waals surface area contributed by atoms with Gasteiger partial charge >= 0.3 is 0 Å². The number of aromatic nitrogens is 3. The van der Waals surface area contributed by atoms with Crippen LogP contribution in [0.2, 0.25) is 0 Å². The van der Waals surface area contributed by atoms with Crippen molar-refractivity contribution in [2.45, 2.75) is 72.4 Å². The maximum absolute atomic E-state index is 12.9. The average molecular weight is 386 g/mol. The first-order valence-electron chi connectivity index (χ1n) is 10.8. The summed E-state index contributed by atoms with van der Waals surface area (Å²) >= 11 is 0. The number of rotatable bonds is 8. The number of aryl methyl sites for hydroxylation is 1. The highest BCUT2D eigenvalue weighted by Crippen LogP contribution is 2.32. The lowest BCUT2D eigenvalue weighted by Crippen LogP contribution is -2.27. The van der Waals surface area contributed by atoms with Crippen LogP contribution in [0, 0.1) is 13.8 Å². The molecule has 0 bridgehead atoms. The number of carbonyl (C=O) groups excluding carboxylic acids is 1. The highest BCUT2D eigenvalue weighted by Gasteiger charge is 2.22. The van der Waals surface area contributed by atoms with Gasteiger partial charge in [-0.05, 0) is 45.8 Å². The van der Waals surface area contributed by atoms with E-state index in [4.69, 9.17) is 0 Å². The van der Waals surface area contributed by atoms with Gasteiger partial charge in [-0.15, -0.1) is 0 Å². The van der Waals surface area contributed by atoms with E-state index in [2.05, 4.69) is 47.6 Å². The van der Waals surface area contributed by atoms with Crippen LogP contribution in [-0.4, -0.2) is 44.8 Å². The van der Waals surface area contributed by atoms with Crippen molar-refractivity contribution in [3.05, 3.63) is 35.4 Å². The maximum atomic E-state index is 12.9. The second-order valence-electron chi connectivity index (χ2n) is 7.92. The Morgan fingerprint density at radius 1 is 1.21 bits per heavy atom. The van der Waals surface area contributed by atoms with Crippen LogP contribution in [0.15, 0.2) is 18.5 Å². The Hall–Kier alpha value is -2.08. The molecule has 1 aliphatic carbocycles. The Balaban J connectivity index is 1.65. The van der Waals surface area contributed by atoms with Crippen LogP contribution >= 0.6 is 0 Å². The fourth-order valence-electron chi connectivity index (χ4n) is 4.44. The quantitative estimate of drug-likeness (QED) is 0.733. The van der Waals surface area contributed by atoms with Crippen molar-refractivity contribution in [2.75, 3.05) is 25.0 Å². The van der Waals surface area contributed by atoms with E-state index in [1.807, 2.05) is 16.9 Å². The molecule has 2 aromatic heterocycles. The first kappa shape index (κ1) is 20.6. The molecular formula is C22H35N5O. The lowest BCUT2D eigenvalue weighted by molar-refractivity contribution is 0.102. The van der Waals surface area contributed by atoms with Gasteiger partial charge in [0.25, 0.3) is 5.91 Å². The third kappa shape index (κ3) is 4.66. The number of hydrogen-bond donors (Lipinski definition) is 1. The molecule has 2 aromatic rings. The van der Waals surface area contributed by atoms with E-state index in [9.17, 15) is 4.79 Å². The molecule has 0 saturated heterocycles. The van der Waals surface area contributed by atoms with Crippen molar-refractivity contribution in [3.63, 3.8) is 0 Å². The first-order valence-corrected chi connectivity index (χ1v) is 10.8. The van der Waals surface area contributed by atoms with E-state index < -0.39 is 0 Å². The van der Waals surface area contributed by atoms with Crippen molar-refractivity contribution in [1.82, 2.24) is 19.2 Å². The van der Waals surface area contributed by atoms with Crippen LogP contribution < -0.4 is 5.32 Å². The summed E-state index contributed by atoms with van der Waals surface area (Å²) in [7, 11) is 0. The molecule has 1 saturated carbocycles. The molecule has 1 aliphatic rings. The third-order valence-corrected chi connectivity index (χ3v) is 6.10. The molecule has 3 rings (SSSR count). The fourth-order valence-corrected chi connectivity index (χ4v) is 4.44. The summed E-state index contributed by atoms with van der Waals surface area (Å²) in [6, 6.07) is 2.57. The average Bonchev–Trinajstić information content (AvgIpc) is 3.27. The molecule has 0 radical (unpaired) electrons. The van der Waals surface area contributed by atoms with Gasteiger partial charge in [-0.25, -0.2) is 0 Å². The van der Waals surface area contributed by atoms with Crippen molar-refractivity contribution in [1.29, 1.82) is 0 Å². The summed E-state index contributed by atoms with van der Waals surface area (Å²) < 4.78 is 4.28. The summed E-state index contributed by atoms with van der Waals surface area (Å²) in [6.45, 7) is 12.4. The predicted octanol–water partition coefficient (Wildman–Crippen LogP) is 4.40. The summed E-state index contributed by atoms with van der Waals surface area (Å²) in [5.41, 5.74) is 3.80. The normalized spacial score (nSPS) is 15.3. The number of hydrogen-bond acceptors (Lipinski definition) is 3. The number of amides is 1.